The summed E-state index contributed by atoms with van der Waals surface area (Å²) >= 11 is 0. The average molecular weight is 571 g/mol. The zero-order chi connectivity index (χ0) is 30.9. The number of nitrogens with zero attached hydrogens (tertiary/aromatic N) is 4. The number of hydrogen-bond acceptors (Lipinski definition) is 4. The van der Waals surface area contributed by atoms with Crippen LogP contribution in [0.5, 0.6) is 0 Å². The van der Waals surface area contributed by atoms with E-state index in [4.69, 9.17) is 22.6 Å². The van der Waals surface area contributed by atoms with Gasteiger partial charge in [-0.3, -0.25) is 0 Å². The van der Waals surface area contributed by atoms with E-state index in [-0.39, 0.29) is 12.2 Å². The SMILES string of the molecule is [C-]#[N+]c1ccccc1C1=CCN(C(=O)OC(C)(C)C)CC1.[C-]#[N+]c1ccccc1C1CCN(C(=O)OC(C)(C)C)CC1. The topological polar surface area (TPSA) is 67.8 Å². The molecule has 0 radical (unpaired) electrons. The van der Waals surface area contributed by atoms with Crippen molar-refractivity contribution in [2.45, 2.75) is 77.9 Å². The number of rotatable bonds is 2. The van der Waals surface area contributed by atoms with Gasteiger partial charge in [0.05, 0.1) is 13.1 Å². The zero-order valence-corrected chi connectivity index (χ0v) is 25.6. The molecule has 1 saturated heterocycles. The van der Waals surface area contributed by atoms with Crippen molar-refractivity contribution in [3.05, 3.63) is 88.6 Å². The van der Waals surface area contributed by atoms with Crippen LogP contribution in [0.1, 0.15) is 77.8 Å². The number of hydrogen-bond donors (Lipinski definition) is 0. The summed E-state index contributed by atoms with van der Waals surface area (Å²) in [4.78, 5) is 34.6. The Hall–Kier alpha value is -4.30. The summed E-state index contributed by atoms with van der Waals surface area (Å²) in [7, 11) is 0. The lowest BCUT2D eigenvalue weighted by Crippen LogP contribution is -2.41. The van der Waals surface area contributed by atoms with E-state index < -0.39 is 11.2 Å². The number of carbonyl (C=O) groups excluding carboxylic acids is 2. The van der Waals surface area contributed by atoms with Gasteiger partial charge < -0.3 is 19.3 Å². The molecule has 42 heavy (non-hydrogen) atoms. The quantitative estimate of drug-likeness (QED) is 0.339. The number of para-hydroxylation sites is 2. The van der Waals surface area contributed by atoms with E-state index in [1.54, 1.807) is 9.80 Å². The molecule has 0 spiro atoms. The highest BCUT2D eigenvalue weighted by Gasteiger charge is 2.28. The van der Waals surface area contributed by atoms with Crippen LogP contribution in [0, 0.1) is 13.1 Å². The van der Waals surface area contributed by atoms with Gasteiger partial charge in [0.25, 0.3) is 0 Å². The highest BCUT2D eigenvalue weighted by atomic mass is 16.6. The molecule has 2 aliphatic heterocycles. The summed E-state index contributed by atoms with van der Waals surface area (Å²) in [6.07, 6.45) is 4.00. The van der Waals surface area contributed by atoms with Crippen LogP contribution >= 0.6 is 0 Å². The number of likely N-dealkylation sites (tertiary alicyclic amines) is 1. The minimum absolute atomic E-state index is 0.237. The molecule has 4 rings (SSSR count). The van der Waals surface area contributed by atoms with Crippen LogP contribution in [0.3, 0.4) is 0 Å². The maximum Gasteiger partial charge on any atom is 0.410 e. The van der Waals surface area contributed by atoms with Gasteiger partial charge in [-0.1, -0.05) is 60.2 Å². The van der Waals surface area contributed by atoms with Gasteiger partial charge in [-0.05, 0) is 77.8 Å². The average Bonchev–Trinajstić information content (AvgIpc) is 2.96. The fraction of sp³-hybridized carbons (Fsp3) is 0.471. The molecular formula is C34H42N4O4. The summed E-state index contributed by atoms with van der Waals surface area (Å²) in [6.45, 7) is 28.2. The number of benzene rings is 2. The van der Waals surface area contributed by atoms with Crippen LogP contribution < -0.4 is 0 Å². The molecule has 2 heterocycles. The molecule has 0 unspecified atom stereocenters. The van der Waals surface area contributed by atoms with Crippen LogP contribution in [-0.2, 0) is 9.47 Å². The van der Waals surface area contributed by atoms with Crippen molar-refractivity contribution in [3.63, 3.8) is 0 Å². The predicted molar refractivity (Wildman–Crippen MR) is 166 cm³/mol. The molecule has 8 heteroatoms. The molecule has 2 aromatic carbocycles. The Morgan fingerprint density at radius 3 is 1.81 bits per heavy atom. The van der Waals surface area contributed by atoms with Crippen molar-refractivity contribution >= 4 is 29.1 Å². The van der Waals surface area contributed by atoms with Gasteiger partial charge in [0.1, 0.15) is 11.2 Å². The standard InChI is InChI=1S/C17H22N2O2.C17H20N2O2/c2*1-17(2,3)21-16(20)19-11-9-13(10-12-19)14-7-5-6-8-15(14)18-4/h5-8,13H,9-12H2,1-3H3;5-9H,10-12H2,1-3H3. The van der Waals surface area contributed by atoms with Gasteiger partial charge in [-0.15, -0.1) is 0 Å². The van der Waals surface area contributed by atoms with Crippen molar-refractivity contribution in [2.75, 3.05) is 26.2 Å². The molecule has 2 aromatic rings. The summed E-state index contributed by atoms with van der Waals surface area (Å²) in [5.74, 6) is 0.356. The second-order valence-corrected chi connectivity index (χ2v) is 12.4. The van der Waals surface area contributed by atoms with E-state index in [2.05, 4.69) is 9.69 Å². The lowest BCUT2D eigenvalue weighted by atomic mass is 9.88. The fourth-order valence-electron chi connectivity index (χ4n) is 4.88. The fourth-order valence-corrected chi connectivity index (χ4v) is 4.88. The first-order chi connectivity index (χ1) is 19.8. The van der Waals surface area contributed by atoms with E-state index in [0.29, 0.717) is 37.8 Å². The normalized spacial score (nSPS) is 15.8. The minimum Gasteiger partial charge on any atom is -0.444 e. The lowest BCUT2D eigenvalue weighted by Gasteiger charge is -2.34. The van der Waals surface area contributed by atoms with Crippen LogP contribution in [0.15, 0.2) is 54.6 Å². The highest BCUT2D eigenvalue weighted by Crippen LogP contribution is 2.35. The largest absolute Gasteiger partial charge is 0.444 e. The Balaban J connectivity index is 0.000000230. The molecule has 0 atom stereocenters. The molecule has 0 aliphatic carbocycles. The third-order valence-corrected chi connectivity index (χ3v) is 6.87. The molecule has 8 nitrogen and oxygen atoms in total. The maximum atomic E-state index is 12.0. The number of amides is 2. The van der Waals surface area contributed by atoms with Crippen LogP contribution in [0.2, 0.25) is 0 Å². The van der Waals surface area contributed by atoms with E-state index >= 15 is 0 Å². The Bertz CT molecular complexity index is 1360. The van der Waals surface area contributed by atoms with Gasteiger partial charge in [0.2, 0.25) is 0 Å². The first-order valence-corrected chi connectivity index (χ1v) is 14.4. The molecule has 2 amide bonds. The number of carbonyl (C=O) groups is 2. The Morgan fingerprint density at radius 1 is 0.762 bits per heavy atom. The second-order valence-electron chi connectivity index (χ2n) is 12.4. The Morgan fingerprint density at radius 2 is 1.29 bits per heavy atom. The van der Waals surface area contributed by atoms with E-state index in [0.717, 1.165) is 41.6 Å². The van der Waals surface area contributed by atoms with Crippen LogP contribution in [0.25, 0.3) is 15.3 Å². The summed E-state index contributed by atoms with van der Waals surface area (Å²) in [5, 5.41) is 0. The number of piperidine rings is 1. The van der Waals surface area contributed by atoms with Gasteiger partial charge in [0.15, 0.2) is 11.4 Å². The highest BCUT2D eigenvalue weighted by molar-refractivity contribution is 5.79. The van der Waals surface area contributed by atoms with Crippen molar-refractivity contribution in [2.24, 2.45) is 0 Å². The summed E-state index contributed by atoms with van der Waals surface area (Å²) in [5.41, 5.74) is 3.67. The smallest absolute Gasteiger partial charge is 0.410 e. The first kappa shape index (κ1) is 32.2. The summed E-state index contributed by atoms with van der Waals surface area (Å²) in [6, 6.07) is 15.4. The molecule has 222 valence electrons. The lowest BCUT2D eigenvalue weighted by molar-refractivity contribution is 0.0203. The van der Waals surface area contributed by atoms with Crippen molar-refractivity contribution in [3.8, 4) is 0 Å². The Labute approximate surface area is 250 Å². The third kappa shape index (κ3) is 9.38. The maximum absolute atomic E-state index is 12.0. The molecule has 0 N–H and O–H groups in total. The minimum atomic E-state index is -0.474. The van der Waals surface area contributed by atoms with Gasteiger partial charge >= 0.3 is 12.2 Å². The first-order valence-electron chi connectivity index (χ1n) is 14.4. The van der Waals surface area contributed by atoms with Gasteiger partial charge in [-0.25, -0.2) is 19.3 Å². The molecular weight excluding hydrogens is 528 g/mol. The van der Waals surface area contributed by atoms with Gasteiger partial charge in [0, 0.05) is 26.2 Å². The molecule has 1 fully saturated rings. The van der Waals surface area contributed by atoms with E-state index in [1.165, 1.54) is 0 Å². The zero-order valence-electron chi connectivity index (χ0n) is 25.6. The van der Waals surface area contributed by atoms with E-state index in [9.17, 15) is 9.59 Å². The monoisotopic (exact) mass is 570 g/mol. The van der Waals surface area contributed by atoms with Crippen LogP contribution in [0.4, 0.5) is 21.0 Å². The van der Waals surface area contributed by atoms with Gasteiger partial charge in [-0.2, -0.15) is 0 Å². The number of ether oxygens (including phenoxy) is 2. The molecule has 0 saturated carbocycles. The van der Waals surface area contributed by atoms with Crippen LogP contribution in [-0.4, -0.2) is 59.4 Å². The molecule has 0 aromatic heterocycles. The predicted octanol–water partition coefficient (Wildman–Crippen LogP) is 8.61. The summed E-state index contributed by atoms with van der Waals surface area (Å²) < 4.78 is 10.8. The second kappa shape index (κ2) is 14.0. The molecule has 2 aliphatic rings. The third-order valence-electron chi connectivity index (χ3n) is 6.87. The Kier molecular flexibility index (Phi) is 10.8. The van der Waals surface area contributed by atoms with E-state index in [1.807, 2.05) is 96.1 Å². The van der Waals surface area contributed by atoms with Crippen molar-refractivity contribution in [1.29, 1.82) is 0 Å². The molecule has 0 bridgehead atoms. The van der Waals surface area contributed by atoms with Crippen molar-refractivity contribution < 1.29 is 19.1 Å². The van der Waals surface area contributed by atoms with Crippen molar-refractivity contribution in [1.82, 2.24) is 9.80 Å².